The maximum atomic E-state index is 14.2. The van der Waals surface area contributed by atoms with Crippen molar-refractivity contribution < 1.29 is 110 Å². The van der Waals surface area contributed by atoms with Gasteiger partial charge in [0.2, 0.25) is 5.52 Å². The van der Waals surface area contributed by atoms with Crippen LogP contribution in [0.15, 0.2) is 144 Å². The van der Waals surface area contributed by atoms with Crippen LogP contribution >= 0.6 is 15.9 Å². The Morgan fingerprint density at radius 1 is 0.320 bits per heavy atom. The first-order valence-electron chi connectivity index (χ1n) is 20.6. The maximum absolute atomic E-state index is 14.2. The molecular formula is C48H25BBrF24N. The molecule has 6 aromatic carbocycles. The summed E-state index contributed by atoms with van der Waals surface area (Å²) >= 11 is 3.54. The number of hydrogen-bond donors (Lipinski definition) is 0. The van der Waals surface area contributed by atoms with Crippen LogP contribution < -0.4 is 26.4 Å². The van der Waals surface area contributed by atoms with Gasteiger partial charge in [0, 0.05) is 27.6 Å². The lowest BCUT2D eigenvalue weighted by Gasteiger charge is -2.46. The van der Waals surface area contributed by atoms with Gasteiger partial charge in [-0.3, -0.25) is 0 Å². The molecule has 0 fully saturated rings. The summed E-state index contributed by atoms with van der Waals surface area (Å²) in [7, 11) is 0. The Morgan fingerprint density at radius 2 is 0.600 bits per heavy atom. The third-order valence-electron chi connectivity index (χ3n) is 11.5. The largest absolute Gasteiger partial charge is 0.416 e. The second-order valence-corrected chi connectivity index (χ2v) is 17.5. The highest BCUT2D eigenvalue weighted by Crippen LogP contribution is 2.41. The fraction of sp³-hybridized carbons (Fsp3) is 0.188. The fourth-order valence-corrected chi connectivity index (χ4v) is 8.57. The van der Waals surface area contributed by atoms with E-state index in [1.54, 1.807) is 0 Å². The first-order chi connectivity index (χ1) is 34.1. The van der Waals surface area contributed by atoms with Crippen LogP contribution in [-0.4, -0.2) is 6.15 Å². The summed E-state index contributed by atoms with van der Waals surface area (Å²) in [5, 5.41) is 1.26. The zero-order valence-electron chi connectivity index (χ0n) is 36.5. The number of halogens is 25. The minimum atomic E-state index is -6.13. The van der Waals surface area contributed by atoms with Gasteiger partial charge in [-0.05, 0) is 42.5 Å². The number of pyridine rings is 1. The topological polar surface area (TPSA) is 3.88 Å². The van der Waals surface area contributed by atoms with Crippen LogP contribution in [0.4, 0.5) is 105 Å². The van der Waals surface area contributed by atoms with E-state index in [1.807, 2.05) is 6.07 Å². The molecule has 400 valence electrons. The molecule has 0 aliphatic heterocycles. The summed E-state index contributed by atoms with van der Waals surface area (Å²) in [6, 6.07) is 12.3. The zero-order chi connectivity index (χ0) is 56.3. The van der Waals surface area contributed by atoms with Crippen molar-refractivity contribution in [2.24, 2.45) is 0 Å². The van der Waals surface area contributed by atoms with Crippen molar-refractivity contribution in [2.75, 3.05) is 0 Å². The van der Waals surface area contributed by atoms with E-state index in [4.69, 9.17) is 0 Å². The van der Waals surface area contributed by atoms with E-state index < -0.39 is 195 Å². The van der Waals surface area contributed by atoms with Crippen LogP contribution in [0.5, 0.6) is 0 Å². The average Bonchev–Trinajstić information content (AvgIpc) is 3.27. The predicted octanol–water partition coefficient (Wildman–Crippen LogP) is 15.2. The lowest BCUT2D eigenvalue weighted by Crippen LogP contribution is -2.75. The fourth-order valence-electron chi connectivity index (χ4n) is 8.23. The number of benzene rings is 6. The van der Waals surface area contributed by atoms with E-state index in [9.17, 15) is 105 Å². The molecule has 0 aliphatic carbocycles. The summed E-state index contributed by atoms with van der Waals surface area (Å²) in [6.07, 6.45) is -52.7. The molecule has 0 aliphatic rings. The Balaban J connectivity index is 0.000000421. The Bertz CT molecular complexity index is 2760. The standard InChI is InChI=1S/C32H12BF24.C16H13BrN/c34-25(35,36)13-1-14(26(37,38)39)6-21(5-13)33(22-7-15(27(40,41)42)2-16(8-22)28(43,44)45,23-9-17(29(46,47)48)3-18(10-23)30(49,50)51)24-11-19(31(52,53)54)4-20(12-24)32(55,56)57;17-15-9-8-14-7-4-10-18(16(14)11-15)12-13-5-2-1-3-6-13/h1-12H;1-11H,12H2/q-1;+1. The molecule has 0 N–H and O–H groups in total. The highest BCUT2D eigenvalue weighted by atomic mass is 79.9. The monoisotopic (exact) mass is 1160 g/mol. The van der Waals surface area contributed by atoms with Gasteiger partial charge in [0.15, 0.2) is 12.7 Å². The summed E-state index contributed by atoms with van der Waals surface area (Å²) in [6.45, 7) is 0.897. The molecule has 0 unspecified atom stereocenters. The maximum Gasteiger partial charge on any atom is 0.416 e. The Kier molecular flexibility index (Phi) is 15.4. The summed E-state index contributed by atoms with van der Waals surface area (Å²) in [5.41, 5.74) is -27.6. The van der Waals surface area contributed by atoms with E-state index in [0.717, 1.165) is 11.0 Å². The van der Waals surface area contributed by atoms with E-state index in [2.05, 4.69) is 81.3 Å². The Labute approximate surface area is 414 Å². The lowest BCUT2D eigenvalue weighted by molar-refractivity contribution is -0.662. The normalized spacial score (nSPS) is 13.5. The first kappa shape index (κ1) is 57.9. The van der Waals surface area contributed by atoms with E-state index in [-0.39, 0.29) is 0 Å². The van der Waals surface area contributed by atoms with Gasteiger partial charge in [-0.1, -0.05) is 94.8 Å². The molecular weight excluding hydrogens is 1140 g/mol. The van der Waals surface area contributed by atoms with Gasteiger partial charge in [0.1, 0.15) is 6.15 Å². The summed E-state index contributed by atoms with van der Waals surface area (Å²) < 4.78 is 344. The van der Waals surface area contributed by atoms with E-state index in [0.29, 0.717) is 0 Å². The quantitative estimate of drug-likeness (QED) is 0.0888. The molecule has 0 saturated heterocycles. The number of rotatable bonds is 6. The zero-order valence-corrected chi connectivity index (χ0v) is 38.0. The van der Waals surface area contributed by atoms with Crippen LogP contribution in [0.25, 0.3) is 10.9 Å². The minimum Gasteiger partial charge on any atom is -0.194 e. The van der Waals surface area contributed by atoms with Crippen molar-refractivity contribution in [3.63, 3.8) is 0 Å². The highest BCUT2D eigenvalue weighted by Gasteiger charge is 2.47. The van der Waals surface area contributed by atoms with Gasteiger partial charge in [0.25, 0.3) is 0 Å². The van der Waals surface area contributed by atoms with Crippen molar-refractivity contribution in [1.29, 1.82) is 0 Å². The second-order valence-electron chi connectivity index (χ2n) is 16.5. The van der Waals surface area contributed by atoms with Crippen molar-refractivity contribution in [2.45, 2.75) is 56.0 Å². The van der Waals surface area contributed by atoms with Gasteiger partial charge >= 0.3 is 49.4 Å². The number of nitrogens with zero attached hydrogens (tertiary/aromatic N) is 1. The first-order valence-corrected chi connectivity index (χ1v) is 21.4. The SMILES string of the molecule is Brc1ccc2ccc[n+](Cc3ccccc3)c2c1.FC(F)(F)c1cc([B-](c2cc(C(F)(F)F)cc(C(F)(F)F)c2)(c2cc(C(F)(F)F)cc(C(F)(F)F)c2)c2cc(C(F)(F)F)cc(C(F)(F)F)c2)cc(C(F)(F)F)c1. The van der Waals surface area contributed by atoms with Crippen LogP contribution in [0.1, 0.15) is 50.1 Å². The van der Waals surface area contributed by atoms with E-state index in [1.165, 1.54) is 16.5 Å². The molecule has 0 spiro atoms. The van der Waals surface area contributed by atoms with Crippen LogP contribution in [-0.2, 0) is 56.0 Å². The molecule has 0 radical (unpaired) electrons. The molecule has 7 rings (SSSR count). The molecule has 27 heteroatoms. The number of alkyl halides is 24. The van der Waals surface area contributed by atoms with Gasteiger partial charge in [0.05, 0.1) is 44.5 Å². The third-order valence-corrected chi connectivity index (χ3v) is 12.0. The average molecular weight is 1160 g/mol. The lowest BCUT2D eigenvalue weighted by atomic mass is 9.12. The third kappa shape index (κ3) is 13.2. The molecule has 1 nitrogen and oxygen atoms in total. The van der Waals surface area contributed by atoms with Gasteiger partial charge in [-0.2, -0.15) is 132 Å². The van der Waals surface area contributed by atoms with Crippen molar-refractivity contribution in [3.05, 3.63) is 194 Å². The van der Waals surface area contributed by atoms with Gasteiger partial charge < -0.3 is 0 Å². The van der Waals surface area contributed by atoms with Gasteiger partial charge in [-0.25, -0.2) is 0 Å². The molecule has 0 atom stereocenters. The van der Waals surface area contributed by atoms with E-state index >= 15 is 0 Å². The molecule has 0 saturated carbocycles. The molecule has 1 aromatic heterocycles. The Morgan fingerprint density at radius 3 is 0.867 bits per heavy atom. The number of hydrogen-bond acceptors (Lipinski definition) is 0. The van der Waals surface area contributed by atoms with Crippen molar-refractivity contribution in [1.82, 2.24) is 0 Å². The highest BCUT2D eigenvalue weighted by molar-refractivity contribution is 9.10. The van der Waals surface area contributed by atoms with Crippen molar-refractivity contribution >= 4 is 54.8 Å². The second kappa shape index (κ2) is 19.9. The summed E-state index contributed by atoms with van der Waals surface area (Å²) in [4.78, 5) is 0. The Hall–Kier alpha value is -6.41. The minimum absolute atomic E-state index is 0.691. The van der Waals surface area contributed by atoms with Gasteiger partial charge in [-0.15, -0.1) is 0 Å². The van der Waals surface area contributed by atoms with Crippen LogP contribution in [0, 0.1) is 0 Å². The number of aromatic nitrogens is 1. The van der Waals surface area contributed by atoms with Crippen LogP contribution in [0.3, 0.4) is 0 Å². The molecule has 75 heavy (non-hydrogen) atoms. The molecule has 0 amide bonds. The van der Waals surface area contributed by atoms with Crippen molar-refractivity contribution in [3.8, 4) is 0 Å². The molecule has 7 aromatic rings. The van der Waals surface area contributed by atoms with Crippen LogP contribution in [0.2, 0.25) is 0 Å². The number of fused-ring (bicyclic) bond motifs is 1. The summed E-state index contributed by atoms with van der Waals surface area (Å²) in [5.74, 6) is 0. The predicted molar refractivity (Wildman–Crippen MR) is 227 cm³/mol. The molecule has 0 bridgehead atoms. The molecule has 1 heterocycles. The smallest absolute Gasteiger partial charge is 0.194 e.